The van der Waals surface area contributed by atoms with Crippen molar-refractivity contribution in [2.24, 2.45) is 0 Å². The second kappa shape index (κ2) is 3.67. The first-order valence-electron chi connectivity index (χ1n) is 4.50. The fraction of sp³-hybridized carbons (Fsp3) is 0.0909. The van der Waals surface area contributed by atoms with Crippen LogP contribution < -0.4 is 10.6 Å². The summed E-state index contributed by atoms with van der Waals surface area (Å²) in [6, 6.07) is 3.55. The van der Waals surface area contributed by atoms with Gasteiger partial charge >= 0.3 is 0 Å². The lowest BCUT2D eigenvalue weighted by atomic mass is 10.1. The number of nitrogens with zero attached hydrogens (tertiary/aromatic N) is 2. The maximum Gasteiger partial charge on any atom is 0.204 e. The number of allylic oxidation sites excluding steroid dienone is 2. The van der Waals surface area contributed by atoms with E-state index in [9.17, 15) is 4.79 Å². The van der Waals surface area contributed by atoms with E-state index < -0.39 is 0 Å². The quantitative estimate of drug-likeness (QED) is 0.634. The highest BCUT2D eigenvalue weighted by atomic mass is 16.5. The van der Waals surface area contributed by atoms with Crippen LogP contribution in [0.25, 0.3) is 12.3 Å². The Bertz CT molecular complexity index is 544. The second-order valence-electron chi connectivity index (χ2n) is 3.27. The molecule has 0 unspecified atom stereocenters. The molecule has 0 saturated heterocycles. The minimum absolute atomic E-state index is 0.108. The number of aromatic nitrogens is 1. The van der Waals surface area contributed by atoms with Gasteiger partial charge in [0.15, 0.2) is 0 Å². The summed E-state index contributed by atoms with van der Waals surface area (Å²) in [4.78, 5) is 15.6. The van der Waals surface area contributed by atoms with Crippen LogP contribution >= 0.6 is 0 Å². The van der Waals surface area contributed by atoms with Crippen LogP contribution in [0.1, 0.15) is 10.5 Å². The average Bonchev–Trinajstić information content (AvgIpc) is 2.18. The Morgan fingerprint density at radius 1 is 1.47 bits per heavy atom. The number of ketones is 1. The molecule has 0 aromatic carbocycles. The highest BCUT2D eigenvalue weighted by Gasteiger charge is 2.07. The molecule has 0 amide bonds. The van der Waals surface area contributed by atoms with Crippen molar-refractivity contribution < 1.29 is 10.0 Å². The Kier molecular flexibility index (Phi) is 2.35. The molecular formula is C11H10N2O2. The summed E-state index contributed by atoms with van der Waals surface area (Å²) in [5, 5.41) is 11.3. The first-order valence-corrected chi connectivity index (χ1v) is 4.50. The van der Waals surface area contributed by atoms with Gasteiger partial charge in [-0.05, 0) is 12.1 Å². The zero-order valence-corrected chi connectivity index (χ0v) is 8.21. The van der Waals surface area contributed by atoms with Gasteiger partial charge in [-0.15, -0.1) is 0 Å². The molecule has 1 aromatic heterocycles. The van der Waals surface area contributed by atoms with E-state index >= 15 is 0 Å². The summed E-state index contributed by atoms with van der Waals surface area (Å²) >= 11 is 0. The van der Waals surface area contributed by atoms with E-state index in [1.165, 1.54) is 19.3 Å². The van der Waals surface area contributed by atoms with E-state index in [2.05, 4.69) is 4.98 Å². The normalized spacial score (nSPS) is 14.8. The summed E-state index contributed by atoms with van der Waals surface area (Å²) in [6.07, 6.45) is 6.44. The van der Waals surface area contributed by atoms with Gasteiger partial charge in [0.05, 0.1) is 11.5 Å². The highest BCUT2D eigenvalue weighted by Crippen LogP contribution is 1.94. The molecule has 1 aliphatic rings. The van der Waals surface area contributed by atoms with E-state index in [-0.39, 0.29) is 5.78 Å². The van der Waals surface area contributed by atoms with E-state index in [1.807, 2.05) is 6.08 Å². The summed E-state index contributed by atoms with van der Waals surface area (Å²) in [7, 11) is 1.48. The lowest BCUT2D eigenvalue weighted by molar-refractivity contribution is 0.00755. The third-order valence-electron chi connectivity index (χ3n) is 2.02. The fourth-order valence-electron chi connectivity index (χ4n) is 1.40. The minimum Gasteiger partial charge on any atom is -0.289 e. The molecule has 0 spiro atoms. The molecule has 1 aromatic rings. The Morgan fingerprint density at radius 3 is 3.00 bits per heavy atom. The number of hydrogen-bond acceptors (Lipinski definition) is 4. The molecular weight excluding hydrogens is 192 g/mol. The molecule has 0 bridgehead atoms. The van der Waals surface area contributed by atoms with Gasteiger partial charge in [-0.25, -0.2) is 4.98 Å². The van der Waals surface area contributed by atoms with Gasteiger partial charge in [0.1, 0.15) is 5.69 Å². The summed E-state index contributed by atoms with van der Waals surface area (Å²) in [6.45, 7) is 0. The van der Waals surface area contributed by atoms with E-state index in [0.717, 1.165) is 10.3 Å². The van der Waals surface area contributed by atoms with Gasteiger partial charge in [-0.3, -0.25) is 15.1 Å². The zero-order valence-electron chi connectivity index (χ0n) is 8.21. The Morgan fingerprint density at radius 2 is 2.27 bits per heavy atom. The predicted molar refractivity (Wildman–Crippen MR) is 55.4 cm³/mol. The maximum absolute atomic E-state index is 11.5. The van der Waals surface area contributed by atoms with Crippen LogP contribution in [0.3, 0.4) is 0 Å². The van der Waals surface area contributed by atoms with Crippen molar-refractivity contribution in [3.63, 3.8) is 0 Å². The molecule has 1 aliphatic carbocycles. The number of fused-ring (bicyclic) bond motifs is 1. The molecule has 76 valence electrons. The van der Waals surface area contributed by atoms with Crippen LogP contribution in [0.2, 0.25) is 0 Å². The number of carbonyl (C=O) groups excluding carboxylic acids is 1. The molecule has 1 heterocycles. The number of rotatable bonds is 1. The largest absolute Gasteiger partial charge is 0.289 e. The molecule has 0 aliphatic heterocycles. The molecule has 4 nitrogen and oxygen atoms in total. The lowest BCUT2D eigenvalue weighted by Crippen LogP contribution is -2.26. The van der Waals surface area contributed by atoms with Crippen molar-refractivity contribution in [1.82, 2.24) is 10.0 Å². The third kappa shape index (κ3) is 1.94. The van der Waals surface area contributed by atoms with E-state index in [0.29, 0.717) is 11.0 Å². The van der Waals surface area contributed by atoms with Gasteiger partial charge in [-0.2, -0.15) is 0 Å². The van der Waals surface area contributed by atoms with Crippen molar-refractivity contribution in [3.05, 3.63) is 40.5 Å². The number of hydroxylamine groups is 2. The van der Waals surface area contributed by atoms with Crippen LogP contribution in [-0.2, 0) is 0 Å². The Labute approximate surface area is 86.4 Å². The second-order valence-corrected chi connectivity index (χ2v) is 3.27. The standard InChI is InChI=1S/C11H10N2O2/c1-13(15)7-9-6-5-8-3-2-4-10(14)11(8)12-9/h2-7,15H,1H3. The number of pyridine rings is 1. The van der Waals surface area contributed by atoms with Crippen LogP contribution in [-0.4, -0.2) is 28.1 Å². The zero-order chi connectivity index (χ0) is 10.8. The van der Waals surface area contributed by atoms with Gasteiger partial charge in [0, 0.05) is 12.3 Å². The highest BCUT2D eigenvalue weighted by molar-refractivity contribution is 6.05. The summed E-state index contributed by atoms with van der Waals surface area (Å²) in [5.41, 5.74) is 0.424. The van der Waals surface area contributed by atoms with E-state index in [4.69, 9.17) is 5.21 Å². The monoisotopic (exact) mass is 202 g/mol. The minimum atomic E-state index is -0.108. The topological polar surface area (TPSA) is 53.4 Å². The van der Waals surface area contributed by atoms with Crippen LogP contribution in [0, 0.1) is 0 Å². The van der Waals surface area contributed by atoms with Crippen LogP contribution in [0.15, 0.2) is 24.3 Å². The third-order valence-corrected chi connectivity index (χ3v) is 2.02. The fourth-order valence-corrected chi connectivity index (χ4v) is 1.40. The van der Waals surface area contributed by atoms with Gasteiger partial charge in [0.2, 0.25) is 5.78 Å². The Balaban J connectivity index is 2.62. The Hall–Kier alpha value is -1.94. The van der Waals surface area contributed by atoms with Crippen molar-refractivity contribution in [2.75, 3.05) is 7.05 Å². The summed E-state index contributed by atoms with van der Waals surface area (Å²) in [5.74, 6) is -0.108. The molecule has 1 N–H and O–H groups in total. The van der Waals surface area contributed by atoms with Crippen molar-refractivity contribution in [3.8, 4) is 0 Å². The number of carbonyl (C=O) groups is 1. The number of hydrogen-bond donors (Lipinski definition) is 1. The van der Waals surface area contributed by atoms with Crippen LogP contribution in [0.4, 0.5) is 0 Å². The predicted octanol–water partition coefficient (Wildman–Crippen LogP) is -0.326. The van der Waals surface area contributed by atoms with Gasteiger partial charge in [0.25, 0.3) is 0 Å². The van der Waals surface area contributed by atoms with Crippen molar-refractivity contribution in [2.45, 2.75) is 0 Å². The molecule has 0 saturated carbocycles. The lowest BCUT2D eigenvalue weighted by Gasteiger charge is -2.03. The van der Waals surface area contributed by atoms with Gasteiger partial charge < -0.3 is 0 Å². The molecule has 15 heavy (non-hydrogen) atoms. The smallest absolute Gasteiger partial charge is 0.204 e. The van der Waals surface area contributed by atoms with Crippen LogP contribution in [0.5, 0.6) is 0 Å². The SMILES string of the molecule is CN(O)C=c1ccc2c(n1)C(=O)C=CC=2. The first kappa shape index (κ1) is 9.61. The van der Waals surface area contributed by atoms with Gasteiger partial charge in [-0.1, -0.05) is 18.2 Å². The maximum atomic E-state index is 11.5. The molecule has 2 rings (SSSR count). The van der Waals surface area contributed by atoms with E-state index in [1.54, 1.807) is 18.2 Å². The average molecular weight is 202 g/mol. The van der Waals surface area contributed by atoms with Crippen molar-refractivity contribution >= 4 is 18.1 Å². The molecule has 0 atom stereocenters. The van der Waals surface area contributed by atoms with Crippen molar-refractivity contribution in [1.29, 1.82) is 0 Å². The molecule has 0 radical (unpaired) electrons. The summed E-state index contributed by atoms with van der Waals surface area (Å²) < 4.78 is 0. The first-order chi connectivity index (χ1) is 7.16. The molecule has 0 fully saturated rings. The molecule has 4 heteroatoms.